The fourth-order valence-corrected chi connectivity index (χ4v) is 2.88. The van der Waals surface area contributed by atoms with Gasteiger partial charge in [0.15, 0.2) is 0 Å². The number of hydrogen-bond donors (Lipinski definition) is 0. The Bertz CT molecular complexity index is 439. The third kappa shape index (κ3) is 5.29. The van der Waals surface area contributed by atoms with Gasteiger partial charge in [-0.05, 0) is 48.8 Å². The molecule has 0 radical (unpaired) electrons. The van der Waals surface area contributed by atoms with E-state index in [-0.39, 0.29) is 0 Å². The minimum Gasteiger partial charge on any atom is -0.493 e. The van der Waals surface area contributed by atoms with E-state index in [1.54, 1.807) is 0 Å². The maximum atomic E-state index is 5.88. The summed E-state index contributed by atoms with van der Waals surface area (Å²) >= 11 is 0. The van der Waals surface area contributed by atoms with Crippen molar-refractivity contribution in [3.8, 4) is 5.75 Å². The average Bonchev–Trinajstić information content (AvgIpc) is 2.54. The maximum Gasteiger partial charge on any atom is 0.122 e. The van der Waals surface area contributed by atoms with Gasteiger partial charge in [-0.2, -0.15) is 0 Å². The van der Waals surface area contributed by atoms with Crippen molar-refractivity contribution in [3.63, 3.8) is 0 Å². The summed E-state index contributed by atoms with van der Waals surface area (Å²) in [7, 11) is 0. The Kier molecular flexibility index (Phi) is 7.20. The van der Waals surface area contributed by atoms with Crippen LogP contribution in [0, 0.1) is 0 Å². The fourth-order valence-electron chi connectivity index (χ4n) is 2.88. The molecule has 1 aromatic rings. The quantitative estimate of drug-likeness (QED) is 0.718. The summed E-state index contributed by atoms with van der Waals surface area (Å²) in [6.45, 7) is 11.5. The van der Waals surface area contributed by atoms with Crippen molar-refractivity contribution in [1.29, 1.82) is 0 Å². The molecule has 3 nitrogen and oxygen atoms in total. The molecule has 1 fully saturated rings. The summed E-state index contributed by atoms with van der Waals surface area (Å²) in [6.07, 6.45) is 4.54. The first kappa shape index (κ1) is 17.3. The Hall–Kier alpha value is -1.06. The lowest BCUT2D eigenvalue weighted by Gasteiger charge is -2.26. The molecule has 2 rings (SSSR count). The molecule has 22 heavy (non-hydrogen) atoms. The van der Waals surface area contributed by atoms with Gasteiger partial charge in [0.1, 0.15) is 5.75 Å². The molecule has 1 aliphatic heterocycles. The molecule has 1 saturated heterocycles. The molecule has 0 N–H and O–H groups in total. The van der Waals surface area contributed by atoms with Gasteiger partial charge in [0.2, 0.25) is 0 Å². The van der Waals surface area contributed by atoms with Gasteiger partial charge >= 0.3 is 0 Å². The molecular weight excluding hydrogens is 274 g/mol. The van der Waals surface area contributed by atoms with Crippen LogP contribution in [0.3, 0.4) is 0 Å². The van der Waals surface area contributed by atoms with Crippen molar-refractivity contribution in [3.05, 3.63) is 29.3 Å². The Morgan fingerprint density at radius 2 is 2.18 bits per heavy atom. The molecule has 124 valence electrons. The van der Waals surface area contributed by atoms with Crippen molar-refractivity contribution < 1.29 is 9.47 Å². The van der Waals surface area contributed by atoms with Gasteiger partial charge in [-0.25, -0.2) is 0 Å². The standard InChI is InChI=1S/C19H31NO2/c1-4-12-22-19-9-8-17(14-18(19)16(2)3)7-5-10-20-11-6-13-21-15-20/h8-9,14,16H,4-7,10-13,15H2,1-3H3. The Labute approximate surface area is 135 Å². The van der Waals surface area contributed by atoms with Crippen LogP contribution < -0.4 is 4.74 Å². The summed E-state index contributed by atoms with van der Waals surface area (Å²) in [6, 6.07) is 6.72. The first-order chi connectivity index (χ1) is 10.7. The van der Waals surface area contributed by atoms with E-state index in [4.69, 9.17) is 9.47 Å². The lowest BCUT2D eigenvalue weighted by molar-refractivity contribution is -0.0135. The molecule has 0 atom stereocenters. The average molecular weight is 305 g/mol. The van der Waals surface area contributed by atoms with Gasteiger partial charge in [0.25, 0.3) is 0 Å². The summed E-state index contributed by atoms with van der Waals surface area (Å²) in [5.74, 6) is 1.56. The minimum absolute atomic E-state index is 0.502. The molecule has 0 aliphatic carbocycles. The molecule has 1 heterocycles. The molecule has 0 aromatic heterocycles. The third-order valence-corrected chi connectivity index (χ3v) is 4.13. The second kappa shape index (κ2) is 9.16. The summed E-state index contributed by atoms with van der Waals surface area (Å²) in [4.78, 5) is 2.41. The predicted octanol–water partition coefficient (Wildman–Crippen LogP) is 4.21. The van der Waals surface area contributed by atoms with Crippen LogP contribution in [0.2, 0.25) is 0 Å². The van der Waals surface area contributed by atoms with Crippen LogP contribution in [0.4, 0.5) is 0 Å². The van der Waals surface area contributed by atoms with Gasteiger partial charge in [0, 0.05) is 19.7 Å². The van der Waals surface area contributed by atoms with E-state index in [1.807, 2.05) is 0 Å². The maximum absolute atomic E-state index is 5.88. The number of hydrogen-bond acceptors (Lipinski definition) is 3. The normalized spacial score (nSPS) is 16.2. The van der Waals surface area contributed by atoms with Crippen molar-refractivity contribution in [2.45, 2.75) is 52.4 Å². The third-order valence-electron chi connectivity index (χ3n) is 4.13. The number of aryl methyl sites for hydroxylation is 1. The molecule has 0 unspecified atom stereocenters. The van der Waals surface area contributed by atoms with E-state index >= 15 is 0 Å². The molecule has 1 aromatic carbocycles. The number of rotatable bonds is 8. The first-order valence-corrected chi connectivity index (χ1v) is 8.76. The summed E-state index contributed by atoms with van der Waals surface area (Å²) in [5.41, 5.74) is 2.76. The van der Waals surface area contributed by atoms with Crippen LogP contribution in [0.25, 0.3) is 0 Å². The number of benzene rings is 1. The molecule has 0 saturated carbocycles. The van der Waals surface area contributed by atoms with E-state index in [2.05, 4.69) is 43.9 Å². The van der Waals surface area contributed by atoms with Gasteiger partial charge in [-0.15, -0.1) is 0 Å². The number of nitrogens with zero attached hydrogens (tertiary/aromatic N) is 1. The molecule has 0 bridgehead atoms. The van der Waals surface area contributed by atoms with Crippen molar-refractivity contribution in [2.24, 2.45) is 0 Å². The van der Waals surface area contributed by atoms with Gasteiger partial charge in [-0.3, -0.25) is 4.90 Å². The minimum atomic E-state index is 0.502. The highest BCUT2D eigenvalue weighted by Gasteiger charge is 2.11. The van der Waals surface area contributed by atoms with E-state index in [0.717, 1.165) is 45.1 Å². The van der Waals surface area contributed by atoms with E-state index in [1.165, 1.54) is 30.5 Å². The topological polar surface area (TPSA) is 21.7 Å². The lowest BCUT2D eigenvalue weighted by Crippen LogP contribution is -2.33. The SMILES string of the molecule is CCCOc1ccc(CCCN2CCCOC2)cc1C(C)C. The second-order valence-electron chi connectivity index (χ2n) is 6.49. The van der Waals surface area contributed by atoms with E-state index in [9.17, 15) is 0 Å². The van der Waals surface area contributed by atoms with Crippen LogP contribution in [-0.4, -0.2) is 37.9 Å². The van der Waals surface area contributed by atoms with Crippen LogP contribution >= 0.6 is 0 Å². The monoisotopic (exact) mass is 305 g/mol. The highest BCUT2D eigenvalue weighted by atomic mass is 16.5. The van der Waals surface area contributed by atoms with Crippen molar-refractivity contribution in [2.75, 3.05) is 33.0 Å². The van der Waals surface area contributed by atoms with Gasteiger partial charge < -0.3 is 9.47 Å². The zero-order valence-corrected chi connectivity index (χ0v) is 14.4. The first-order valence-electron chi connectivity index (χ1n) is 8.76. The smallest absolute Gasteiger partial charge is 0.122 e. The van der Waals surface area contributed by atoms with Crippen molar-refractivity contribution >= 4 is 0 Å². The summed E-state index contributed by atoms with van der Waals surface area (Å²) < 4.78 is 11.4. The van der Waals surface area contributed by atoms with Crippen molar-refractivity contribution in [1.82, 2.24) is 4.90 Å². The lowest BCUT2D eigenvalue weighted by atomic mass is 9.97. The van der Waals surface area contributed by atoms with E-state index < -0.39 is 0 Å². The highest BCUT2D eigenvalue weighted by molar-refractivity contribution is 5.39. The predicted molar refractivity (Wildman–Crippen MR) is 91.6 cm³/mol. The Morgan fingerprint density at radius 3 is 2.86 bits per heavy atom. The zero-order valence-electron chi connectivity index (χ0n) is 14.4. The Morgan fingerprint density at radius 1 is 1.32 bits per heavy atom. The van der Waals surface area contributed by atoms with Crippen LogP contribution in [0.15, 0.2) is 18.2 Å². The van der Waals surface area contributed by atoms with Gasteiger partial charge in [0.05, 0.1) is 13.3 Å². The van der Waals surface area contributed by atoms with Crippen LogP contribution in [0.1, 0.15) is 57.1 Å². The summed E-state index contributed by atoms with van der Waals surface area (Å²) in [5, 5.41) is 0. The van der Waals surface area contributed by atoms with E-state index in [0.29, 0.717) is 5.92 Å². The molecule has 0 amide bonds. The molecule has 1 aliphatic rings. The van der Waals surface area contributed by atoms with Crippen LogP contribution in [0.5, 0.6) is 5.75 Å². The van der Waals surface area contributed by atoms with Crippen LogP contribution in [-0.2, 0) is 11.2 Å². The second-order valence-corrected chi connectivity index (χ2v) is 6.49. The highest BCUT2D eigenvalue weighted by Crippen LogP contribution is 2.28. The molecular formula is C19H31NO2. The Balaban J connectivity index is 1.88. The molecule has 0 spiro atoms. The van der Waals surface area contributed by atoms with Gasteiger partial charge in [-0.1, -0.05) is 32.9 Å². The number of ether oxygens (including phenoxy) is 2. The fraction of sp³-hybridized carbons (Fsp3) is 0.684. The molecule has 3 heteroatoms. The zero-order chi connectivity index (χ0) is 15.8. The largest absolute Gasteiger partial charge is 0.493 e.